The molecule has 0 saturated carbocycles. The van der Waals surface area contributed by atoms with Crippen LogP contribution in [0.25, 0.3) is 0 Å². The molecule has 0 unspecified atom stereocenters. The molecule has 1 aromatic heterocycles. The van der Waals surface area contributed by atoms with Gasteiger partial charge in [-0.05, 0) is 24.3 Å². The van der Waals surface area contributed by atoms with Crippen molar-refractivity contribution in [2.45, 2.75) is 6.61 Å². The Hall–Kier alpha value is -1.91. The molecular weight excluding hydrogens is 197 g/mol. The van der Waals surface area contributed by atoms with E-state index in [0.717, 1.165) is 5.82 Å². The van der Waals surface area contributed by atoms with Crippen molar-refractivity contribution in [2.75, 3.05) is 0 Å². The molecule has 2 aromatic rings. The molecule has 1 heterocycles. The van der Waals surface area contributed by atoms with Gasteiger partial charge in [0.05, 0.1) is 0 Å². The Bertz CT molecular complexity index is 438. The van der Waals surface area contributed by atoms with Gasteiger partial charge in [0.25, 0.3) is 0 Å². The minimum Gasteiger partial charge on any atom is -0.486 e. The number of rotatable bonds is 3. The molecule has 0 spiro atoms. The van der Waals surface area contributed by atoms with E-state index < -0.39 is 0 Å². The predicted octanol–water partition coefficient (Wildman–Crippen LogP) is 1.53. The number of hydrogen-bond acceptors (Lipinski definition) is 3. The molecule has 0 saturated heterocycles. The lowest BCUT2D eigenvalue weighted by Crippen LogP contribution is -2.02. The van der Waals surface area contributed by atoms with Crippen molar-refractivity contribution in [3.63, 3.8) is 0 Å². The first kappa shape index (κ1) is 9.64. The fourth-order valence-electron chi connectivity index (χ4n) is 1.12. The number of nitrogens with zero attached hydrogens (tertiary/aromatic N) is 3. The van der Waals surface area contributed by atoms with Crippen molar-refractivity contribution >= 4 is 0 Å². The number of aromatic nitrogens is 3. The first-order valence-electron chi connectivity index (χ1n) is 4.47. The molecule has 2 rings (SSSR count). The zero-order valence-electron chi connectivity index (χ0n) is 8.22. The van der Waals surface area contributed by atoms with E-state index in [1.54, 1.807) is 23.0 Å². The quantitative estimate of drug-likeness (QED) is 0.766. The van der Waals surface area contributed by atoms with Crippen LogP contribution in [0.3, 0.4) is 0 Å². The summed E-state index contributed by atoms with van der Waals surface area (Å²) in [6.45, 7) is 0.322. The van der Waals surface area contributed by atoms with E-state index in [4.69, 9.17) is 4.74 Å². The fourth-order valence-corrected chi connectivity index (χ4v) is 1.12. The van der Waals surface area contributed by atoms with Gasteiger partial charge < -0.3 is 9.30 Å². The Morgan fingerprint density at radius 1 is 1.33 bits per heavy atom. The number of benzene rings is 1. The third-order valence-corrected chi connectivity index (χ3v) is 1.99. The topological polar surface area (TPSA) is 39.9 Å². The molecule has 0 amide bonds. The van der Waals surface area contributed by atoms with Crippen LogP contribution < -0.4 is 4.74 Å². The summed E-state index contributed by atoms with van der Waals surface area (Å²) in [5.74, 6) is 1.06. The first-order chi connectivity index (χ1) is 7.25. The van der Waals surface area contributed by atoms with Crippen LogP contribution in [-0.4, -0.2) is 14.8 Å². The summed E-state index contributed by atoms with van der Waals surface area (Å²) in [4.78, 5) is 0. The van der Waals surface area contributed by atoms with Gasteiger partial charge in [0.1, 0.15) is 24.5 Å². The van der Waals surface area contributed by atoms with E-state index in [0.29, 0.717) is 12.4 Å². The Morgan fingerprint density at radius 2 is 2.07 bits per heavy atom. The van der Waals surface area contributed by atoms with Gasteiger partial charge in [-0.3, -0.25) is 0 Å². The third kappa shape index (κ3) is 2.31. The summed E-state index contributed by atoms with van der Waals surface area (Å²) < 4.78 is 19.7. The van der Waals surface area contributed by atoms with Gasteiger partial charge in [0, 0.05) is 7.05 Å². The molecule has 0 bridgehead atoms. The molecule has 0 N–H and O–H groups in total. The van der Waals surface area contributed by atoms with Gasteiger partial charge in [-0.15, -0.1) is 10.2 Å². The summed E-state index contributed by atoms with van der Waals surface area (Å²) in [5, 5.41) is 7.58. The van der Waals surface area contributed by atoms with Gasteiger partial charge in [-0.2, -0.15) is 0 Å². The molecular formula is C10H10FN3O. The van der Waals surface area contributed by atoms with Gasteiger partial charge in [-0.1, -0.05) is 0 Å². The van der Waals surface area contributed by atoms with Gasteiger partial charge in [0.15, 0.2) is 5.82 Å². The van der Waals surface area contributed by atoms with Crippen molar-refractivity contribution in [2.24, 2.45) is 7.05 Å². The van der Waals surface area contributed by atoms with E-state index in [1.807, 2.05) is 7.05 Å². The Morgan fingerprint density at radius 3 is 2.67 bits per heavy atom. The zero-order valence-corrected chi connectivity index (χ0v) is 8.22. The Labute approximate surface area is 86.3 Å². The van der Waals surface area contributed by atoms with Crippen molar-refractivity contribution in [1.29, 1.82) is 0 Å². The fraction of sp³-hybridized carbons (Fsp3) is 0.200. The zero-order chi connectivity index (χ0) is 10.7. The second-order valence-electron chi connectivity index (χ2n) is 3.10. The van der Waals surface area contributed by atoms with Crippen molar-refractivity contribution in [3.8, 4) is 5.75 Å². The molecule has 4 nitrogen and oxygen atoms in total. The van der Waals surface area contributed by atoms with Crippen LogP contribution in [0.15, 0.2) is 30.6 Å². The molecule has 0 atom stereocenters. The molecule has 0 aliphatic rings. The molecule has 0 fully saturated rings. The number of aryl methyl sites for hydroxylation is 1. The molecule has 0 radical (unpaired) electrons. The predicted molar refractivity (Wildman–Crippen MR) is 51.7 cm³/mol. The highest BCUT2D eigenvalue weighted by atomic mass is 19.1. The number of halogens is 1. The highest BCUT2D eigenvalue weighted by Crippen LogP contribution is 2.12. The monoisotopic (exact) mass is 207 g/mol. The molecule has 0 aliphatic heterocycles. The number of hydrogen-bond donors (Lipinski definition) is 0. The minimum absolute atomic E-state index is 0.277. The van der Waals surface area contributed by atoms with Crippen LogP contribution in [-0.2, 0) is 13.7 Å². The maximum Gasteiger partial charge on any atom is 0.170 e. The molecule has 5 heteroatoms. The van der Waals surface area contributed by atoms with E-state index in [1.165, 1.54) is 12.1 Å². The van der Waals surface area contributed by atoms with E-state index >= 15 is 0 Å². The highest BCUT2D eigenvalue weighted by molar-refractivity contribution is 5.22. The van der Waals surface area contributed by atoms with Crippen molar-refractivity contribution in [3.05, 3.63) is 42.2 Å². The van der Waals surface area contributed by atoms with Crippen LogP contribution in [0.2, 0.25) is 0 Å². The number of ether oxygens (including phenoxy) is 1. The van der Waals surface area contributed by atoms with Gasteiger partial charge >= 0.3 is 0 Å². The van der Waals surface area contributed by atoms with Crippen LogP contribution in [0, 0.1) is 5.82 Å². The van der Waals surface area contributed by atoms with E-state index in [-0.39, 0.29) is 5.82 Å². The SMILES string of the molecule is Cn1cnnc1COc1ccc(F)cc1. The lowest BCUT2D eigenvalue weighted by molar-refractivity contribution is 0.291. The highest BCUT2D eigenvalue weighted by Gasteiger charge is 2.01. The minimum atomic E-state index is -0.277. The average molecular weight is 207 g/mol. The maximum absolute atomic E-state index is 12.6. The normalized spacial score (nSPS) is 10.3. The van der Waals surface area contributed by atoms with Gasteiger partial charge in [0.2, 0.25) is 0 Å². The standard InChI is InChI=1S/C10H10FN3O/c1-14-7-12-13-10(14)6-15-9-4-2-8(11)3-5-9/h2-5,7H,6H2,1H3. The molecule has 0 aliphatic carbocycles. The summed E-state index contributed by atoms with van der Waals surface area (Å²) >= 11 is 0. The summed E-state index contributed by atoms with van der Waals surface area (Å²) in [5.41, 5.74) is 0. The molecule has 1 aromatic carbocycles. The van der Waals surface area contributed by atoms with Crippen molar-refractivity contribution < 1.29 is 9.13 Å². The molecule has 15 heavy (non-hydrogen) atoms. The van der Waals surface area contributed by atoms with Gasteiger partial charge in [-0.25, -0.2) is 4.39 Å². The average Bonchev–Trinajstić information content (AvgIpc) is 2.63. The Kier molecular flexibility index (Phi) is 2.62. The smallest absolute Gasteiger partial charge is 0.170 e. The third-order valence-electron chi connectivity index (χ3n) is 1.99. The van der Waals surface area contributed by atoms with E-state index in [9.17, 15) is 4.39 Å². The maximum atomic E-state index is 12.6. The summed E-state index contributed by atoms with van der Waals surface area (Å²) in [6, 6.07) is 5.86. The second-order valence-corrected chi connectivity index (χ2v) is 3.10. The van der Waals surface area contributed by atoms with Crippen molar-refractivity contribution in [1.82, 2.24) is 14.8 Å². The largest absolute Gasteiger partial charge is 0.486 e. The van der Waals surface area contributed by atoms with Crippen LogP contribution in [0.5, 0.6) is 5.75 Å². The van der Waals surface area contributed by atoms with Crippen LogP contribution in [0.1, 0.15) is 5.82 Å². The first-order valence-corrected chi connectivity index (χ1v) is 4.47. The van der Waals surface area contributed by atoms with Crippen LogP contribution >= 0.6 is 0 Å². The summed E-state index contributed by atoms with van der Waals surface area (Å²) in [6.07, 6.45) is 1.60. The lowest BCUT2D eigenvalue weighted by atomic mass is 10.3. The van der Waals surface area contributed by atoms with E-state index in [2.05, 4.69) is 10.2 Å². The Balaban J connectivity index is 1.99. The molecule has 78 valence electrons. The second kappa shape index (κ2) is 4.08. The summed E-state index contributed by atoms with van der Waals surface area (Å²) in [7, 11) is 1.84. The van der Waals surface area contributed by atoms with Crippen LogP contribution in [0.4, 0.5) is 4.39 Å². The lowest BCUT2D eigenvalue weighted by Gasteiger charge is -2.04.